The van der Waals surface area contributed by atoms with Crippen LogP contribution >= 0.6 is 0 Å². The second kappa shape index (κ2) is 9.14. The Morgan fingerprint density at radius 3 is 2.56 bits per heavy atom. The lowest BCUT2D eigenvalue weighted by Crippen LogP contribution is -2.43. The maximum Gasteiger partial charge on any atom is 0.255 e. The number of fused-ring (bicyclic) bond motifs is 2. The second-order valence-electron chi connectivity index (χ2n) is 9.69. The van der Waals surface area contributed by atoms with E-state index in [9.17, 15) is 4.79 Å². The molecular formula is C27H34N2O3. The van der Waals surface area contributed by atoms with E-state index in [0.29, 0.717) is 22.9 Å². The van der Waals surface area contributed by atoms with Gasteiger partial charge in [-0.3, -0.25) is 9.69 Å². The zero-order chi connectivity index (χ0) is 22.0. The summed E-state index contributed by atoms with van der Waals surface area (Å²) in [4.78, 5) is 15.3. The quantitative estimate of drug-likeness (QED) is 0.642. The van der Waals surface area contributed by atoms with Crippen molar-refractivity contribution in [3.63, 3.8) is 0 Å². The van der Waals surface area contributed by atoms with E-state index in [2.05, 4.69) is 22.3 Å². The SMILES string of the molecule is COc1cc(NC(=O)c2ccc(C3CCCCC3)cc2)ccc1OC12CCCN(CC1)C2. The van der Waals surface area contributed by atoms with Gasteiger partial charge in [0.05, 0.1) is 7.11 Å². The van der Waals surface area contributed by atoms with Crippen LogP contribution in [0.25, 0.3) is 0 Å². The van der Waals surface area contributed by atoms with Crippen LogP contribution in [-0.2, 0) is 0 Å². The first-order valence-corrected chi connectivity index (χ1v) is 12.1. The van der Waals surface area contributed by atoms with Crippen molar-refractivity contribution in [3.05, 3.63) is 53.6 Å². The zero-order valence-corrected chi connectivity index (χ0v) is 19.1. The average molecular weight is 435 g/mol. The number of hydrogen-bond acceptors (Lipinski definition) is 4. The Morgan fingerprint density at radius 2 is 1.78 bits per heavy atom. The van der Waals surface area contributed by atoms with Crippen LogP contribution in [0, 0.1) is 0 Å². The third-order valence-corrected chi connectivity index (χ3v) is 7.50. The highest BCUT2D eigenvalue weighted by atomic mass is 16.5. The summed E-state index contributed by atoms with van der Waals surface area (Å²) in [5, 5.41) is 3.01. The molecule has 170 valence electrons. The molecule has 2 bridgehead atoms. The highest BCUT2D eigenvalue weighted by molar-refractivity contribution is 6.04. The van der Waals surface area contributed by atoms with Gasteiger partial charge >= 0.3 is 0 Å². The smallest absolute Gasteiger partial charge is 0.255 e. The number of ether oxygens (including phenoxy) is 2. The van der Waals surface area contributed by atoms with Gasteiger partial charge in [0.15, 0.2) is 11.5 Å². The van der Waals surface area contributed by atoms with E-state index >= 15 is 0 Å². The maximum absolute atomic E-state index is 12.8. The maximum atomic E-state index is 12.8. The lowest BCUT2D eigenvalue weighted by Gasteiger charge is -2.35. The van der Waals surface area contributed by atoms with Crippen molar-refractivity contribution in [3.8, 4) is 11.5 Å². The van der Waals surface area contributed by atoms with Gasteiger partial charge in [0.25, 0.3) is 5.91 Å². The van der Waals surface area contributed by atoms with Crippen molar-refractivity contribution >= 4 is 11.6 Å². The topological polar surface area (TPSA) is 50.8 Å². The number of rotatable bonds is 6. The molecule has 2 heterocycles. The van der Waals surface area contributed by atoms with E-state index in [1.54, 1.807) is 7.11 Å². The average Bonchev–Trinajstić information content (AvgIpc) is 3.13. The van der Waals surface area contributed by atoms with Gasteiger partial charge in [0.1, 0.15) is 5.60 Å². The summed E-state index contributed by atoms with van der Waals surface area (Å²) in [6.45, 7) is 3.27. The van der Waals surface area contributed by atoms with Crippen LogP contribution in [0.4, 0.5) is 5.69 Å². The fraction of sp³-hybridized carbons (Fsp3) is 0.519. The molecule has 32 heavy (non-hydrogen) atoms. The Labute approximate surface area is 191 Å². The summed E-state index contributed by atoms with van der Waals surface area (Å²) in [6, 6.07) is 13.8. The van der Waals surface area contributed by atoms with Crippen LogP contribution in [0.1, 0.15) is 73.2 Å². The minimum atomic E-state index is -0.103. The number of benzene rings is 2. The number of carbonyl (C=O) groups excluding carboxylic acids is 1. The van der Waals surface area contributed by atoms with Gasteiger partial charge in [0, 0.05) is 36.8 Å². The van der Waals surface area contributed by atoms with Gasteiger partial charge in [-0.05, 0) is 68.0 Å². The number of methoxy groups -OCH3 is 1. The molecule has 3 aliphatic rings. The van der Waals surface area contributed by atoms with Gasteiger partial charge in [-0.25, -0.2) is 0 Å². The van der Waals surface area contributed by atoms with Gasteiger partial charge in [-0.1, -0.05) is 31.4 Å². The van der Waals surface area contributed by atoms with Crippen LogP contribution in [0.15, 0.2) is 42.5 Å². The van der Waals surface area contributed by atoms with Crippen LogP contribution in [0.5, 0.6) is 11.5 Å². The zero-order valence-electron chi connectivity index (χ0n) is 19.1. The summed E-state index contributed by atoms with van der Waals surface area (Å²) >= 11 is 0. The number of piperidine rings is 1. The molecule has 1 saturated carbocycles. The highest BCUT2D eigenvalue weighted by Gasteiger charge is 2.43. The van der Waals surface area contributed by atoms with Crippen molar-refractivity contribution in [2.45, 2.75) is 62.9 Å². The van der Waals surface area contributed by atoms with Crippen molar-refractivity contribution in [1.82, 2.24) is 4.90 Å². The monoisotopic (exact) mass is 434 g/mol. The van der Waals surface area contributed by atoms with Crippen LogP contribution in [0.2, 0.25) is 0 Å². The van der Waals surface area contributed by atoms with Crippen molar-refractivity contribution < 1.29 is 14.3 Å². The first-order chi connectivity index (χ1) is 15.6. The molecule has 3 fully saturated rings. The Morgan fingerprint density at radius 1 is 0.969 bits per heavy atom. The molecule has 1 aliphatic carbocycles. The number of anilines is 1. The fourth-order valence-corrected chi connectivity index (χ4v) is 5.69. The van der Waals surface area contributed by atoms with Gasteiger partial charge < -0.3 is 14.8 Å². The summed E-state index contributed by atoms with van der Waals surface area (Å²) < 4.78 is 12.1. The van der Waals surface area contributed by atoms with Crippen LogP contribution < -0.4 is 14.8 Å². The molecule has 2 unspecified atom stereocenters. The first kappa shape index (κ1) is 21.3. The second-order valence-corrected chi connectivity index (χ2v) is 9.69. The van der Waals surface area contributed by atoms with Gasteiger partial charge in [0.2, 0.25) is 0 Å². The highest BCUT2D eigenvalue weighted by Crippen LogP contribution is 2.40. The standard InChI is InChI=1S/C27H34N2O3/c1-31-25-18-23(12-13-24(25)32-27-14-5-16-29(19-27)17-15-27)28-26(30)22-10-8-21(9-11-22)20-6-3-2-4-7-20/h8-13,18,20H,2-7,14-17,19H2,1H3,(H,28,30). The van der Waals surface area contributed by atoms with E-state index in [4.69, 9.17) is 9.47 Å². The number of nitrogens with zero attached hydrogens (tertiary/aromatic N) is 1. The molecule has 0 spiro atoms. The third-order valence-electron chi connectivity index (χ3n) is 7.50. The minimum Gasteiger partial charge on any atom is -0.493 e. The minimum absolute atomic E-state index is 0.101. The molecule has 2 saturated heterocycles. The third kappa shape index (κ3) is 4.49. The van der Waals surface area contributed by atoms with E-state index in [1.165, 1.54) is 50.6 Å². The lowest BCUT2D eigenvalue weighted by molar-refractivity contribution is 0.0428. The number of carbonyl (C=O) groups is 1. The predicted molar refractivity (Wildman–Crippen MR) is 127 cm³/mol. The molecule has 5 nitrogen and oxygen atoms in total. The molecule has 0 radical (unpaired) electrons. The van der Waals surface area contributed by atoms with Crippen molar-refractivity contribution in [2.75, 3.05) is 32.1 Å². The Hall–Kier alpha value is -2.53. The normalized spacial score (nSPS) is 25.3. The molecule has 0 aromatic heterocycles. The summed E-state index contributed by atoms with van der Waals surface area (Å²) in [7, 11) is 1.65. The molecule has 5 rings (SSSR count). The summed E-state index contributed by atoms with van der Waals surface area (Å²) in [5.41, 5.74) is 2.65. The molecule has 1 N–H and O–H groups in total. The van der Waals surface area contributed by atoms with Crippen molar-refractivity contribution in [2.24, 2.45) is 0 Å². The molecule has 2 aliphatic heterocycles. The van der Waals surface area contributed by atoms with Crippen molar-refractivity contribution in [1.29, 1.82) is 0 Å². The molecule has 2 atom stereocenters. The Balaban J connectivity index is 1.25. The lowest BCUT2D eigenvalue weighted by atomic mass is 9.84. The summed E-state index contributed by atoms with van der Waals surface area (Å²) in [6.07, 6.45) is 9.83. The molecular weight excluding hydrogens is 400 g/mol. The predicted octanol–water partition coefficient (Wildman–Crippen LogP) is 5.61. The number of nitrogens with one attached hydrogen (secondary N) is 1. The molecule has 2 aromatic rings. The van der Waals surface area contributed by atoms with E-state index in [1.807, 2.05) is 30.3 Å². The van der Waals surface area contributed by atoms with E-state index in [0.717, 1.165) is 31.7 Å². The van der Waals surface area contributed by atoms with E-state index in [-0.39, 0.29) is 11.5 Å². The molecule has 2 aromatic carbocycles. The van der Waals surface area contributed by atoms with Gasteiger partial charge in [-0.2, -0.15) is 0 Å². The summed E-state index contributed by atoms with van der Waals surface area (Å²) in [5.74, 6) is 1.96. The Bertz CT molecular complexity index is 948. The largest absolute Gasteiger partial charge is 0.493 e. The fourth-order valence-electron chi connectivity index (χ4n) is 5.69. The van der Waals surface area contributed by atoms with E-state index < -0.39 is 0 Å². The first-order valence-electron chi connectivity index (χ1n) is 12.1. The molecule has 5 heteroatoms. The molecule has 1 amide bonds. The van der Waals surface area contributed by atoms with Crippen LogP contribution in [0.3, 0.4) is 0 Å². The van der Waals surface area contributed by atoms with Crippen LogP contribution in [-0.4, -0.2) is 43.2 Å². The van der Waals surface area contributed by atoms with Gasteiger partial charge in [-0.15, -0.1) is 0 Å². The Kier molecular flexibility index (Phi) is 6.09. The number of hydrogen-bond donors (Lipinski definition) is 1. The number of amides is 1.